The zero-order valence-corrected chi connectivity index (χ0v) is 29.1. The lowest BCUT2D eigenvalue weighted by atomic mass is 10.1. The molecular formula is C33H40Cl2N6O7S. The number of rotatable bonds is 5. The van der Waals surface area contributed by atoms with E-state index in [1.165, 1.54) is 29.2 Å². The summed E-state index contributed by atoms with van der Waals surface area (Å²) in [5.41, 5.74) is 4.77. The van der Waals surface area contributed by atoms with Gasteiger partial charge in [-0.25, -0.2) is 9.52 Å². The predicted molar refractivity (Wildman–Crippen MR) is 176 cm³/mol. The van der Waals surface area contributed by atoms with E-state index in [0.717, 1.165) is 36.8 Å². The summed E-state index contributed by atoms with van der Waals surface area (Å²) >= 11 is 5.90. The molecule has 0 aromatic heterocycles. The Bertz CT molecular complexity index is 1700. The van der Waals surface area contributed by atoms with Gasteiger partial charge >= 0.3 is 16.3 Å². The van der Waals surface area contributed by atoms with Crippen molar-refractivity contribution >= 4 is 51.3 Å². The maximum atomic E-state index is 14.0. The molecule has 264 valence electrons. The Morgan fingerprint density at radius 2 is 1.71 bits per heavy atom. The lowest BCUT2D eigenvalue weighted by molar-refractivity contribution is -0.407. The number of anilines is 1. The first-order chi connectivity index (χ1) is 22.9. The Hall–Kier alpha value is -3.85. The van der Waals surface area contributed by atoms with Gasteiger partial charge in [-0.05, 0) is 61.1 Å². The van der Waals surface area contributed by atoms with Crippen molar-refractivity contribution in [2.45, 2.75) is 81.8 Å². The molecule has 6 rings (SSSR count). The molecule has 6 N–H and O–H groups in total. The van der Waals surface area contributed by atoms with Gasteiger partial charge in [0.1, 0.15) is 17.7 Å². The number of nitrogens with one attached hydrogen (secondary N) is 3. The molecule has 0 spiro atoms. The van der Waals surface area contributed by atoms with Crippen LogP contribution in [0.15, 0.2) is 60.7 Å². The number of halogens is 2. The van der Waals surface area contributed by atoms with Gasteiger partial charge in [-0.2, -0.15) is 8.42 Å². The highest BCUT2D eigenvalue weighted by molar-refractivity contribution is 7.91. The van der Waals surface area contributed by atoms with Gasteiger partial charge in [0.25, 0.3) is 11.8 Å². The average molecular weight is 736 g/mol. The van der Waals surface area contributed by atoms with Crippen LogP contribution in [0.2, 0.25) is 5.02 Å². The van der Waals surface area contributed by atoms with Crippen LogP contribution in [-0.2, 0) is 42.4 Å². The number of ether oxygens (including phenoxy) is 1. The number of benzene rings is 2. The second-order valence-electron chi connectivity index (χ2n) is 13.0. The van der Waals surface area contributed by atoms with Gasteiger partial charge in [-0.1, -0.05) is 54.4 Å². The SMILES string of the molecule is [Cl-].[NH3+][C@H]1CCCCC/C=C\[C@@H]2C[C@@]2(C(=O)NS(=O)(=O)Nc2ccc(Cl)cc2)NC(=O)[C@@H]2C[C@@H](OC(=O)N3Cc4ccccc4C3)CN2C1=O. The molecular weight excluding hydrogens is 695 g/mol. The van der Waals surface area contributed by atoms with E-state index < -0.39 is 57.8 Å². The molecule has 2 aromatic rings. The number of carbonyl (C=O) groups excluding carboxylic acids is 4. The molecule has 0 radical (unpaired) electrons. The average Bonchev–Trinajstić information content (AvgIpc) is 3.35. The topological polar surface area (TPSA) is 182 Å². The van der Waals surface area contributed by atoms with Gasteiger partial charge < -0.3 is 33.1 Å². The molecule has 3 heterocycles. The number of nitrogens with zero attached hydrogens (tertiary/aromatic N) is 2. The number of fused-ring (bicyclic) bond motifs is 3. The normalized spacial score (nSPS) is 27.6. The summed E-state index contributed by atoms with van der Waals surface area (Å²) in [6, 6.07) is 12.0. The largest absolute Gasteiger partial charge is 1.00 e. The summed E-state index contributed by atoms with van der Waals surface area (Å²) < 4.78 is 36.1. The Kier molecular flexibility index (Phi) is 11.1. The third-order valence-corrected chi connectivity index (χ3v) is 10.7. The van der Waals surface area contributed by atoms with E-state index in [-0.39, 0.29) is 43.4 Å². The molecule has 0 unspecified atom stereocenters. The van der Waals surface area contributed by atoms with Crippen LogP contribution in [0.5, 0.6) is 0 Å². The molecule has 49 heavy (non-hydrogen) atoms. The van der Waals surface area contributed by atoms with E-state index in [9.17, 15) is 27.6 Å². The van der Waals surface area contributed by atoms with E-state index in [4.69, 9.17) is 16.3 Å². The molecule has 16 heteroatoms. The van der Waals surface area contributed by atoms with Crippen LogP contribution in [0, 0.1) is 5.92 Å². The second kappa shape index (κ2) is 15.0. The summed E-state index contributed by atoms with van der Waals surface area (Å²) in [6.45, 7) is 0.798. The van der Waals surface area contributed by atoms with Gasteiger partial charge in [0, 0.05) is 36.9 Å². The summed E-state index contributed by atoms with van der Waals surface area (Å²) in [4.78, 5) is 57.5. The summed E-state index contributed by atoms with van der Waals surface area (Å²) in [5.74, 6) is -2.34. The fourth-order valence-electron chi connectivity index (χ4n) is 6.70. The van der Waals surface area contributed by atoms with E-state index in [2.05, 4.69) is 20.5 Å². The summed E-state index contributed by atoms with van der Waals surface area (Å²) in [6.07, 6.45) is 6.43. The van der Waals surface area contributed by atoms with Crippen LogP contribution in [0.4, 0.5) is 10.5 Å². The Morgan fingerprint density at radius 1 is 1.02 bits per heavy atom. The fourth-order valence-corrected chi connectivity index (χ4v) is 7.75. The minimum Gasteiger partial charge on any atom is -1.00 e. The predicted octanol–water partition coefficient (Wildman–Crippen LogP) is -0.755. The number of carbonyl (C=O) groups is 4. The fraction of sp³-hybridized carbons (Fsp3) is 0.455. The van der Waals surface area contributed by atoms with E-state index in [1.54, 1.807) is 4.90 Å². The van der Waals surface area contributed by atoms with Crippen molar-refractivity contribution in [1.29, 1.82) is 0 Å². The van der Waals surface area contributed by atoms with Gasteiger partial charge in [-0.3, -0.25) is 24.0 Å². The molecule has 4 amide bonds. The first-order valence-electron chi connectivity index (χ1n) is 16.2. The molecule has 1 saturated carbocycles. The molecule has 2 fully saturated rings. The molecule has 13 nitrogen and oxygen atoms in total. The number of hydrogen-bond donors (Lipinski definition) is 4. The minimum atomic E-state index is -4.38. The molecule has 1 aliphatic carbocycles. The van der Waals surface area contributed by atoms with Crippen LogP contribution in [0.3, 0.4) is 0 Å². The number of hydrogen-bond acceptors (Lipinski definition) is 7. The van der Waals surface area contributed by atoms with Crippen molar-refractivity contribution in [3.63, 3.8) is 0 Å². The Labute approximate surface area is 296 Å². The van der Waals surface area contributed by atoms with Crippen LogP contribution >= 0.6 is 11.6 Å². The van der Waals surface area contributed by atoms with Gasteiger partial charge in [0.15, 0.2) is 6.04 Å². The van der Waals surface area contributed by atoms with E-state index in [1.807, 2.05) is 36.4 Å². The summed E-state index contributed by atoms with van der Waals surface area (Å²) in [7, 11) is -4.38. The highest BCUT2D eigenvalue weighted by Crippen LogP contribution is 2.45. The maximum absolute atomic E-state index is 14.0. The Morgan fingerprint density at radius 3 is 2.41 bits per heavy atom. The third kappa shape index (κ3) is 8.31. The lowest BCUT2D eigenvalue weighted by Gasteiger charge is -2.27. The monoisotopic (exact) mass is 734 g/mol. The van der Waals surface area contributed by atoms with Crippen molar-refractivity contribution in [1.82, 2.24) is 19.8 Å². The zero-order valence-electron chi connectivity index (χ0n) is 26.8. The molecule has 1 saturated heterocycles. The third-order valence-electron chi connectivity index (χ3n) is 9.45. The molecule has 4 aliphatic rings. The molecule has 3 aliphatic heterocycles. The number of amides is 4. The first kappa shape index (κ1) is 36.4. The standard InChI is InChI=1S/C33H39ClN6O7S.ClH/c34-24-12-14-25(15-13-24)37-48(45,46)38-31(43)33-17-23(33)10-4-2-1-3-5-11-27(35)30(42)40-20-26(16-28(40)29(41)36-33)47-32(44)39-18-21-8-6-7-9-22(21)19-39;/h4,6-10,12-15,23,26-28,37H,1-3,5,11,16-20,35H2,(H,36,41)(H,38,43);1H/b10-4-;/t23-,26-,27+,28+,33-;/m1./s1. The molecule has 2 aromatic carbocycles. The lowest BCUT2D eigenvalue weighted by Crippen LogP contribution is -3.00. The number of allylic oxidation sites excluding steroid dienone is 1. The van der Waals surface area contributed by atoms with Crippen molar-refractivity contribution in [2.24, 2.45) is 5.92 Å². The van der Waals surface area contributed by atoms with E-state index in [0.29, 0.717) is 24.5 Å². The van der Waals surface area contributed by atoms with Crippen LogP contribution in [0.25, 0.3) is 0 Å². The van der Waals surface area contributed by atoms with Crippen molar-refractivity contribution in [2.75, 3.05) is 11.3 Å². The van der Waals surface area contributed by atoms with Crippen LogP contribution in [0.1, 0.15) is 56.1 Å². The smallest absolute Gasteiger partial charge is 0.410 e. The highest BCUT2D eigenvalue weighted by atomic mass is 35.5. The van der Waals surface area contributed by atoms with E-state index >= 15 is 0 Å². The first-order valence-corrected chi connectivity index (χ1v) is 18.1. The maximum Gasteiger partial charge on any atom is 0.410 e. The van der Waals surface area contributed by atoms with Crippen molar-refractivity contribution in [3.05, 3.63) is 76.8 Å². The van der Waals surface area contributed by atoms with Crippen LogP contribution in [-0.4, -0.2) is 72.3 Å². The van der Waals surface area contributed by atoms with Crippen molar-refractivity contribution in [3.8, 4) is 0 Å². The summed E-state index contributed by atoms with van der Waals surface area (Å²) in [5, 5.41) is 3.21. The zero-order chi connectivity index (χ0) is 34.1. The number of quaternary nitrogens is 1. The second-order valence-corrected chi connectivity index (χ2v) is 14.8. The highest BCUT2D eigenvalue weighted by Gasteiger charge is 2.61. The Balaban J connectivity index is 0.00000468. The van der Waals surface area contributed by atoms with Gasteiger partial charge in [-0.15, -0.1) is 0 Å². The minimum absolute atomic E-state index is 0. The van der Waals surface area contributed by atoms with Gasteiger partial charge in [0.05, 0.1) is 12.2 Å². The van der Waals surface area contributed by atoms with Crippen molar-refractivity contribution < 1.29 is 50.5 Å². The molecule has 0 bridgehead atoms. The van der Waals surface area contributed by atoms with Gasteiger partial charge in [0.2, 0.25) is 5.91 Å². The van der Waals surface area contributed by atoms with Crippen LogP contribution < -0.4 is 32.9 Å². The quantitative estimate of drug-likeness (QED) is 0.292. The molecule has 5 atom stereocenters.